The Kier molecular flexibility index (Phi) is 5.01. The molecule has 0 fully saturated rings. The Morgan fingerprint density at radius 3 is 1.05 bits per heavy atom. The molecule has 0 saturated heterocycles. The van der Waals surface area contributed by atoms with Gasteiger partial charge in [0.05, 0.1) is 45.5 Å². The van der Waals surface area contributed by atoms with E-state index in [2.05, 4.69) is 82.4 Å². The van der Waals surface area contributed by atoms with E-state index in [0.29, 0.717) is 0 Å². The van der Waals surface area contributed by atoms with Crippen LogP contribution in [-0.4, -0.2) is 7.05 Å². The fraction of sp³-hybridized carbons (Fsp3) is 0.0270. The van der Waals surface area contributed by atoms with Gasteiger partial charge in [-0.2, -0.15) is 0 Å². The van der Waals surface area contributed by atoms with Crippen LogP contribution in [0.5, 0.6) is 34.5 Å². The normalized spacial score (nSPS) is 13.7. The van der Waals surface area contributed by atoms with Crippen molar-refractivity contribution in [2.45, 2.75) is 0 Å². The van der Waals surface area contributed by atoms with Gasteiger partial charge in [-0.15, -0.1) is 0 Å². The Hall–Kier alpha value is -5.88. The van der Waals surface area contributed by atoms with Gasteiger partial charge in [0.2, 0.25) is 0 Å². The van der Waals surface area contributed by atoms with Gasteiger partial charge in [-0.3, -0.25) is 0 Å². The van der Waals surface area contributed by atoms with Crippen molar-refractivity contribution in [2.24, 2.45) is 0 Å². The summed E-state index contributed by atoms with van der Waals surface area (Å²) in [7, 11) is 2.08. The van der Waals surface area contributed by atoms with Crippen molar-refractivity contribution in [2.75, 3.05) is 21.7 Å². The molecule has 3 aliphatic rings. The van der Waals surface area contributed by atoms with Crippen LogP contribution < -0.4 is 28.9 Å². The van der Waals surface area contributed by atoms with E-state index in [1.165, 1.54) is 0 Å². The van der Waals surface area contributed by atoms with Crippen molar-refractivity contribution in [3.8, 4) is 34.5 Å². The van der Waals surface area contributed by atoms with Gasteiger partial charge in [-0.25, -0.2) is 0 Å². The molecule has 3 aliphatic heterocycles. The smallest absolute Gasteiger partial charge is 0.153 e. The van der Waals surface area contributed by atoms with E-state index in [4.69, 9.17) is 14.2 Å². The second-order valence-corrected chi connectivity index (χ2v) is 10.7. The first-order valence-corrected chi connectivity index (χ1v) is 14.2. The van der Waals surface area contributed by atoms with Crippen molar-refractivity contribution in [3.63, 3.8) is 0 Å². The maximum atomic E-state index is 6.71. The third-order valence-corrected chi connectivity index (χ3v) is 8.21. The second-order valence-electron chi connectivity index (χ2n) is 10.7. The summed E-state index contributed by atoms with van der Waals surface area (Å²) in [5.41, 5.74) is 7.92. The lowest BCUT2D eigenvalue weighted by atomic mass is 10.1. The molecule has 0 radical (unpaired) electrons. The van der Waals surface area contributed by atoms with E-state index < -0.39 is 0 Å². The zero-order chi connectivity index (χ0) is 28.5. The van der Waals surface area contributed by atoms with Crippen LogP contribution >= 0.6 is 0 Å². The molecular weight excluding hydrogens is 534 g/mol. The zero-order valence-corrected chi connectivity index (χ0v) is 23.3. The van der Waals surface area contributed by atoms with E-state index in [1.54, 1.807) is 0 Å². The van der Waals surface area contributed by atoms with E-state index in [-0.39, 0.29) is 0 Å². The van der Waals surface area contributed by atoms with E-state index in [9.17, 15) is 0 Å². The fourth-order valence-corrected chi connectivity index (χ4v) is 6.22. The fourth-order valence-electron chi connectivity index (χ4n) is 6.22. The average molecular weight is 560 g/mol. The molecule has 0 aliphatic carbocycles. The first-order chi connectivity index (χ1) is 21.2. The molecule has 43 heavy (non-hydrogen) atoms. The van der Waals surface area contributed by atoms with E-state index >= 15 is 0 Å². The average Bonchev–Trinajstić information content (AvgIpc) is 3.05. The van der Waals surface area contributed by atoms with Crippen molar-refractivity contribution in [1.82, 2.24) is 0 Å². The summed E-state index contributed by atoms with van der Waals surface area (Å²) >= 11 is 0. The number of para-hydroxylation sites is 8. The first kappa shape index (κ1) is 23.8. The number of rotatable bonds is 2. The van der Waals surface area contributed by atoms with Crippen molar-refractivity contribution < 1.29 is 14.2 Å². The molecule has 0 atom stereocenters. The van der Waals surface area contributed by atoms with E-state index in [0.717, 1.165) is 80.0 Å². The number of anilines is 8. The Balaban J connectivity index is 1.14. The predicted octanol–water partition coefficient (Wildman–Crippen LogP) is 10.7. The Labute approximate surface area is 249 Å². The minimum Gasteiger partial charge on any atom is -0.453 e. The van der Waals surface area contributed by atoms with Crippen LogP contribution in [0.3, 0.4) is 0 Å². The molecule has 0 aromatic heterocycles. The van der Waals surface area contributed by atoms with Crippen molar-refractivity contribution in [1.29, 1.82) is 0 Å². The molecule has 6 aromatic rings. The van der Waals surface area contributed by atoms with Crippen LogP contribution in [-0.2, 0) is 0 Å². The zero-order valence-electron chi connectivity index (χ0n) is 23.3. The van der Waals surface area contributed by atoms with Crippen LogP contribution in [0.25, 0.3) is 0 Å². The molecule has 0 amide bonds. The Morgan fingerprint density at radius 2 is 0.674 bits per heavy atom. The van der Waals surface area contributed by atoms with Gasteiger partial charge < -0.3 is 28.9 Å². The minimum atomic E-state index is 0.786. The first-order valence-electron chi connectivity index (χ1n) is 14.2. The number of nitrogens with zero attached hydrogens (tertiary/aromatic N) is 3. The molecule has 6 heteroatoms. The van der Waals surface area contributed by atoms with Gasteiger partial charge in [0.25, 0.3) is 0 Å². The number of fused-ring (bicyclic) bond motifs is 6. The number of hydrogen-bond acceptors (Lipinski definition) is 6. The topological polar surface area (TPSA) is 37.4 Å². The third-order valence-electron chi connectivity index (χ3n) is 8.21. The van der Waals surface area contributed by atoms with Gasteiger partial charge in [0.15, 0.2) is 34.5 Å². The number of benzene rings is 6. The molecule has 0 N–H and O–H groups in total. The third kappa shape index (κ3) is 3.60. The van der Waals surface area contributed by atoms with Crippen molar-refractivity contribution >= 4 is 45.5 Å². The monoisotopic (exact) mass is 559 g/mol. The van der Waals surface area contributed by atoms with Gasteiger partial charge in [-0.05, 0) is 72.8 Å². The lowest BCUT2D eigenvalue weighted by Crippen LogP contribution is -2.19. The summed E-state index contributed by atoms with van der Waals surface area (Å²) in [6.45, 7) is 0. The lowest BCUT2D eigenvalue weighted by molar-refractivity contribution is 0.472. The van der Waals surface area contributed by atoms with Crippen LogP contribution in [0, 0.1) is 0 Å². The quantitative estimate of drug-likeness (QED) is 0.210. The SMILES string of the molecule is CN1c2ccc(N3c4ccccc4Oc4ccccc43)cc2Oc2cc(N3c4ccccc4Oc4ccccc43)ccc21. The van der Waals surface area contributed by atoms with Gasteiger partial charge in [0.1, 0.15) is 0 Å². The van der Waals surface area contributed by atoms with Crippen LogP contribution in [0.1, 0.15) is 0 Å². The Morgan fingerprint density at radius 1 is 0.349 bits per heavy atom. The maximum Gasteiger partial charge on any atom is 0.153 e. The van der Waals surface area contributed by atoms with Gasteiger partial charge in [0, 0.05) is 19.2 Å². The molecule has 0 bridgehead atoms. The molecule has 206 valence electrons. The van der Waals surface area contributed by atoms with Crippen LogP contribution in [0.2, 0.25) is 0 Å². The number of hydrogen-bond donors (Lipinski definition) is 0. The molecule has 0 saturated carbocycles. The molecule has 3 heterocycles. The number of ether oxygens (including phenoxy) is 3. The Bertz CT molecular complexity index is 1840. The van der Waals surface area contributed by atoms with Gasteiger partial charge >= 0.3 is 0 Å². The summed E-state index contributed by atoms with van der Waals surface area (Å²) in [6.07, 6.45) is 0. The molecule has 6 nitrogen and oxygen atoms in total. The summed E-state index contributed by atoms with van der Waals surface area (Å²) in [4.78, 5) is 6.64. The van der Waals surface area contributed by atoms with Crippen molar-refractivity contribution in [3.05, 3.63) is 133 Å². The summed E-state index contributed by atoms with van der Waals surface area (Å²) in [6, 6.07) is 45.2. The standard InChI is InChI=1S/C37H25N3O3/c1-38-26-20-18-24(39-28-10-2-6-14-32(28)41-33-15-7-3-11-29(33)39)22-36(26)43-37-23-25(19-21-27(37)38)40-30-12-4-8-16-34(30)42-35-17-9-5-13-31(35)40/h2-23H,1H3. The summed E-state index contributed by atoms with van der Waals surface area (Å²) in [5, 5.41) is 0. The predicted molar refractivity (Wildman–Crippen MR) is 171 cm³/mol. The van der Waals surface area contributed by atoms with Crippen LogP contribution in [0.4, 0.5) is 45.5 Å². The summed E-state index contributed by atoms with van der Waals surface area (Å²) < 4.78 is 19.2. The lowest BCUT2D eigenvalue weighted by Gasteiger charge is -2.36. The molecular formula is C37H25N3O3. The highest BCUT2D eigenvalue weighted by atomic mass is 16.5. The van der Waals surface area contributed by atoms with E-state index in [1.807, 2.05) is 72.8 Å². The molecule has 0 spiro atoms. The minimum absolute atomic E-state index is 0.786. The van der Waals surface area contributed by atoms with Crippen LogP contribution in [0.15, 0.2) is 133 Å². The molecule has 6 aromatic carbocycles. The largest absolute Gasteiger partial charge is 0.453 e. The molecule has 0 unspecified atom stereocenters. The maximum absolute atomic E-state index is 6.71. The summed E-state index contributed by atoms with van der Waals surface area (Å²) in [5.74, 6) is 4.84. The van der Waals surface area contributed by atoms with Gasteiger partial charge in [-0.1, -0.05) is 48.5 Å². The highest BCUT2D eigenvalue weighted by Gasteiger charge is 2.30. The molecule has 9 rings (SSSR count). The second kappa shape index (κ2) is 9.06. The highest BCUT2D eigenvalue weighted by Crippen LogP contribution is 2.55. The highest BCUT2D eigenvalue weighted by molar-refractivity contribution is 5.91.